The topological polar surface area (TPSA) is 221 Å². The van der Waals surface area contributed by atoms with E-state index in [-0.39, 0.29) is 42.8 Å². The van der Waals surface area contributed by atoms with E-state index >= 15 is 4.39 Å². The number of nitrogens with zero attached hydrogens (tertiary/aromatic N) is 4. The Morgan fingerprint density at radius 2 is 1.93 bits per heavy atom. The van der Waals surface area contributed by atoms with Crippen molar-refractivity contribution < 1.29 is 51.6 Å². The summed E-state index contributed by atoms with van der Waals surface area (Å²) < 4.78 is 63.3. The monoisotopic (exact) mass is 649 g/mol. The first-order valence-electron chi connectivity index (χ1n) is 14.0. The molecule has 1 aliphatic rings. The highest BCUT2D eigenvalue weighted by Crippen LogP contribution is 2.49. The average Bonchev–Trinajstić information content (AvgIpc) is 3.43. The number of anilines is 1. The predicted octanol–water partition coefficient (Wildman–Crippen LogP) is 2.21. The number of hydrogen-bond acceptors (Lipinski definition) is 14. The SMILES string of the molecule is CCNC(=O)OCOP(=O)(N[C@H](C(=O)OCC)C(C)(C)C)OCC1O[C@@H](n2cnc3c(OCC)nc(N)nc32)[C@](C)(F)[C@@H]1O. The van der Waals surface area contributed by atoms with Crippen molar-refractivity contribution in [2.24, 2.45) is 5.41 Å². The van der Waals surface area contributed by atoms with Crippen LogP contribution in [0.4, 0.5) is 15.1 Å². The highest BCUT2D eigenvalue weighted by atomic mass is 31.2. The summed E-state index contributed by atoms with van der Waals surface area (Å²) in [7, 11) is -4.53. The summed E-state index contributed by atoms with van der Waals surface area (Å²) in [6.07, 6.45) is -4.32. The Balaban J connectivity index is 1.86. The number of aliphatic hydroxyl groups excluding tert-OH is 1. The number of nitrogen functional groups attached to an aromatic ring is 1. The van der Waals surface area contributed by atoms with Gasteiger partial charge in [0.15, 0.2) is 23.1 Å². The van der Waals surface area contributed by atoms with Gasteiger partial charge in [0.25, 0.3) is 0 Å². The molecule has 17 nitrogen and oxygen atoms in total. The van der Waals surface area contributed by atoms with Crippen LogP contribution >= 0.6 is 7.75 Å². The Bertz CT molecular complexity index is 1350. The lowest BCUT2D eigenvalue weighted by Gasteiger charge is -2.32. The molecule has 1 amide bonds. The molecule has 0 radical (unpaired) electrons. The van der Waals surface area contributed by atoms with E-state index in [0.717, 1.165) is 6.92 Å². The summed E-state index contributed by atoms with van der Waals surface area (Å²) in [4.78, 5) is 36.8. The number of alkyl carbamates (subject to hydrolysis) is 1. The molecule has 2 unspecified atom stereocenters. The van der Waals surface area contributed by atoms with E-state index < -0.39 is 68.8 Å². The molecule has 248 valence electrons. The third-order valence-electron chi connectivity index (χ3n) is 6.48. The number of ether oxygens (including phenoxy) is 4. The Kier molecular flexibility index (Phi) is 11.5. The van der Waals surface area contributed by atoms with Crippen LogP contribution in [-0.4, -0.2) is 93.8 Å². The van der Waals surface area contributed by atoms with E-state index in [0.29, 0.717) is 0 Å². The first-order chi connectivity index (χ1) is 20.6. The van der Waals surface area contributed by atoms with Crippen molar-refractivity contribution >= 4 is 36.9 Å². The van der Waals surface area contributed by atoms with Gasteiger partial charge in [0, 0.05) is 6.54 Å². The summed E-state index contributed by atoms with van der Waals surface area (Å²) in [5.74, 6) is -0.817. The maximum absolute atomic E-state index is 16.1. The number of carbonyl (C=O) groups is 2. The molecule has 1 aliphatic heterocycles. The van der Waals surface area contributed by atoms with E-state index in [1.54, 1.807) is 41.5 Å². The zero-order valence-corrected chi connectivity index (χ0v) is 26.6. The number of imidazole rings is 1. The number of amides is 1. The van der Waals surface area contributed by atoms with Crippen molar-refractivity contribution in [3.05, 3.63) is 6.33 Å². The van der Waals surface area contributed by atoms with Gasteiger partial charge in [-0.1, -0.05) is 20.8 Å². The maximum Gasteiger partial charge on any atom is 0.409 e. The Morgan fingerprint density at radius 1 is 1.23 bits per heavy atom. The van der Waals surface area contributed by atoms with Crippen LogP contribution < -0.4 is 20.9 Å². The fourth-order valence-corrected chi connectivity index (χ4v) is 5.85. The highest BCUT2D eigenvalue weighted by molar-refractivity contribution is 7.51. The molecule has 19 heteroatoms. The van der Waals surface area contributed by atoms with Crippen molar-refractivity contribution in [1.82, 2.24) is 29.9 Å². The van der Waals surface area contributed by atoms with Gasteiger partial charge >= 0.3 is 19.8 Å². The number of alkyl halides is 1. The van der Waals surface area contributed by atoms with Crippen LogP contribution in [0.3, 0.4) is 0 Å². The summed E-state index contributed by atoms with van der Waals surface area (Å²) in [5.41, 5.74) is 2.80. The van der Waals surface area contributed by atoms with Crippen LogP contribution in [0.2, 0.25) is 0 Å². The van der Waals surface area contributed by atoms with Gasteiger partial charge in [-0.15, -0.1) is 0 Å². The third kappa shape index (κ3) is 8.11. The Morgan fingerprint density at radius 3 is 2.55 bits per heavy atom. The van der Waals surface area contributed by atoms with Crippen molar-refractivity contribution in [3.8, 4) is 5.88 Å². The molecule has 1 fully saturated rings. The molecule has 0 aromatic carbocycles. The molecule has 0 saturated carbocycles. The summed E-state index contributed by atoms with van der Waals surface area (Å²) in [6.45, 7) is 10.2. The second-order valence-electron chi connectivity index (χ2n) is 10.9. The Hall–Kier alpha value is -3.15. The maximum atomic E-state index is 16.1. The van der Waals surface area contributed by atoms with E-state index in [4.69, 9.17) is 33.7 Å². The van der Waals surface area contributed by atoms with Crippen LogP contribution in [0, 0.1) is 5.41 Å². The van der Waals surface area contributed by atoms with Crippen molar-refractivity contribution in [2.75, 3.05) is 38.9 Å². The minimum Gasteiger partial charge on any atom is -0.476 e. The van der Waals surface area contributed by atoms with Gasteiger partial charge < -0.3 is 35.1 Å². The summed E-state index contributed by atoms with van der Waals surface area (Å²) in [5, 5.41) is 15.8. The molecular formula is C25H41FN7O10P. The number of rotatable bonds is 14. The van der Waals surface area contributed by atoms with Crippen molar-refractivity contribution in [3.63, 3.8) is 0 Å². The lowest BCUT2D eigenvalue weighted by Crippen LogP contribution is -2.47. The minimum absolute atomic E-state index is 0.0452. The molecule has 2 aromatic heterocycles. The lowest BCUT2D eigenvalue weighted by molar-refractivity contribution is -0.148. The number of esters is 1. The molecule has 0 spiro atoms. The van der Waals surface area contributed by atoms with Crippen LogP contribution in [0.25, 0.3) is 11.2 Å². The number of halogens is 1. The quantitative estimate of drug-likeness (QED) is 0.131. The van der Waals surface area contributed by atoms with E-state index in [1.165, 1.54) is 10.9 Å². The lowest BCUT2D eigenvalue weighted by atomic mass is 9.87. The molecule has 1 saturated heterocycles. The van der Waals surface area contributed by atoms with Crippen LogP contribution in [0.15, 0.2) is 6.33 Å². The number of nitrogens with two attached hydrogens (primary N) is 1. The fraction of sp³-hybridized carbons (Fsp3) is 0.720. The molecule has 0 aliphatic carbocycles. The van der Waals surface area contributed by atoms with Gasteiger partial charge in [-0.2, -0.15) is 9.97 Å². The Labute approximate surface area is 253 Å². The number of carbonyl (C=O) groups excluding carboxylic acids is 2. The van der Waals surface area contributed by atoms with Gasteiger partial charge in [-0.25, -0.2) is 23.8 Å². The highest BCUT2D eigenvalue weighted by Gasteiger charge is 2.56. The molecular weight excluding hydrogens is 608 g/mol. The summed E-state index contributed by atoms with van der Waals surface area (Å²) in [6, 6.07) is -1.21. The molecule has 3 rings (SSSR count). The normalized spacial score (nSPS) is 24.1. The molecule has 6 atom stereocenters. The minimum atomic E-state index is -4.53. The number of fused-ring (bicyclic) bond motifs is 1. The molecule has 0 bridgehead atoms. The number of aliphatic hydroxyl groups is 1. The second kappa shape index (κ2) is 14.3. The van der Waals surface area contributed by atoms with Gasteiger partial charge in [-0.05, 0) is 33.1 Å². The molecule has 3 heterocycles. The van der Waals surface area contributed by atoms with Crippen molar-refractivity contribution in [2.45, 2.75) is 78.6 Å². The average molecular weight is 650 g/mol. The largest absolute Gasteiger partial charge is 0.476 e. The van der Waals surface area contributed by atoms with Crippen LogP contribution in [0.5, 0.6) is 5.88 Å². The zero-order chi connectivity index (χ0) is 32.9. The second-order valence-corrected chi connectivity index (χ2v) is 12.7. The van der Waals surface area contributed by atoms with Crippen molar-refractivity contribution in [1.29, 1.82) is 0 Å². The third-order valence-corrected chi connectivity index (χ3v) is 7.98. The van der Waals surface area contributed by atoms with Gasteiger partial charge in [0.1, 0.15) is 18.2 Å². The van der Waals surface area contributed by atoms with E-state index in [1.807, 2.05) is 0 Å². The zero-order valence-electron chi connectivity index (χ0n) is 25.7. The summed E-state index contributed by atoms with van der Waals surface area (Å²) >= 11 is 0. The van der Waals surface area contributed by atoms with Gasteiger partial charge in [-0.3, -0.25) is 18.4 Å². The van der Waals surface area contributed by atoms with Crippen LogP contribution in [0.1, 0.15) is 54.7 Å². The van der Waals surface area contributed by atoms with E-state index in [9.17, 15) is 19.3 Å². The first kappa shape index (κ1) is 35.3. The molecule has 44 heavy (non-hydrogen) atoms. The van der Waals surface area contributed by atoms with Crippen LogP contribution in [-0.2, 0) is 32.6 Å². The van der Waals surface area contributed by atoms with Gasteiger partial charge in [0.2, 0.25) is 18.6 Å². The smallest absolute Gasteiger partial charge is 0.409 e. The van der Waals surface area contributed by atoms with Gasteiger partial charge in [0.05, 0.1) is 26.1 Å². The first-order valence-corrected chi connectivity index (χ1v) is 15.5. The molecule has 2 aromatic rings. The number of nitrogens with one attached hydrogen (secondary N) is 2. The van der Waals surface area contributed by atoms with E-state index in [2.05, 4.69) is 25.4 Å². The fourth-order valence-electron chi connectivity index (χ4n) is 4.28. The standard InChI is InChI=1S/C25H41FN7O10P/c1-8-28-23(36)40-13-42-44(37,32-16(24(4,5)6)20(35)39-10-3)41-11-14-17(34)25(7,26)21(43-14)33-12-29-15-18(33)30-22(27)31-19(15)38-9-2/h12,14,16-17,21,34H,8-11,13H2,1-7H3,(H,28,36)(H,32,37)(H2,27,30,31)/t14?,16-,17-,21-,25-,44?/m1/s1. The molecule has 5 N–H and O–H groups in total. The predicted molar refractivity (Wildman–Crippen MR) is 153 cm³/mol. The number of hydrogen-bond donors (Lipinski definition) is 4. The number of aromatic nitrogens is 4.